The molecule has 0 aliphatic heterocycles. The second-order valence-corrected chi connectivity index (χ2v) is 3.24. The number of rotatable bonds is 2. The van der Waals surface area contributed by atoms with E-state index in [-0.39, 0.29) is 4.88 Å². The summed E-state index contributed by atoms with van der Waals surface area (Å²) in [5.74, 6) is -0.961. The Labute approximate surface area is 72.8 Å². The lowest BCUT2D eigenvalue weighted by Gasteiger charge is -1.88. The van der Waals surface area contributed by atoms with Crippen LogP contribution in [0.5, 0.6) is 0 Å². The zero-order valence-corrected chi connectivity index (χ0v) is 7.13. The lowest BCUT2D eigenvalue weighted by molar-refractivity contribution is 0.0702. The van der Waals surface area contributed by atoms with E-state index >= 15 is 0 Å². The van der Waals surface area contributed by atoms with Crippen molar-refractivity contribution in [1.82, 2.24) is 0 Å². The number of aromatic carboxylic acids is 1. The Morgan fingerprint density at radius 1 is 1.50 bits per heavy atom. The molecule has 2 N–H and O–H groups in total. The van der Waals surface area contributed by atoms with E-state index in [2.05, 4.69) is 5.16 Å². The normalized spacial score (nSPS) is 11.6. The summed E-state index contributed by atoms with van der Waals surface area (Å²) in [6.07, 6.45) is 0. The van der Waals surface area contributed by atoms with Crippen LogP contribution in [-0.2, 0) is 0 Å². The molecule has 0 aromatic carbocycles. The Morgan fingerprint density at radius 3 is 2.50 bits per heavy atom. The van der Waals surface area contributed by atoms with Gasteiger partial charge in [-0.2, -0.15) is 0 Å². The number of thiophene rings is 1. The molecule has 0 saturated heterocycles. The van der Waals surface area contributed by atoms with Crippen LogP contribution in [-0.4, -0.2) is 22.0 Å². The molecule has 0 saturated carbocycles. The molecule has 1 aromatic heterocycles. The SMILES string of the molecule is C/C(=N\O)c1ccc(C(=O)O)s1. The highest BCUT2D eigenvalue weighted by Crippen LogP contribution is 2.16. The zero-order valence-electron chi connectivity index (χ0n) is 6.31. The van der Waals surface area contributed by atoms with Crippen molar-refractivity contribution in [2.24, 2.45) is 5.16 Å². The maximum Gasteiger partial charge on any atom is 0.345 e. The van der Waals surface area contributed by atoms with Gasteiger partial charge in [0.15, 0.2) is 0 Å². The summed E-state index contributed by atoms with van der Waals surface area (Å²) in [6.45, 7) is 1.61. The molecule has 0 fully saturated rings. The molecule has 5 heteroatoms. The Morgan fingerprint density at radius 2 is 2.08 bits per heavy atom. The molecule has 12 heavy (non-hydrogen) atoms. The highest BCUT2D eigenvalue weighted by molar-refractivity contribution is 7.15. The Balaban J connectivity index is 2.99. The van der Waals surface area contributed by atoms with Crippen molar-refractivity contribution in [3.63, 3.8) is 0 Å². The van der Waals surface area contributed by atoms with E-state index in [1.165, 1.54) is 6.07 Å². The van der Waals surface area contributed by atoms with Gasteiger partial charge in [0.1, 0.15) is 4.88 Å². The van der Waals surface area contributed by atoms with Crippen LogP contribution in [0.25, 0.3) is 0 Å². The quantitative estimate of drug-likeness (QED) is 0.418. The van der Waals surface area contributed by atoms with E-state index in [1.54, 1.807) is 13.0 Å². The minimum atomic E-state index is -0.961. The van der Waals surface area contributed by atoms with E-state index in [4.69, 9.17) is 10.3 Å². The number of carboxylic acids is 1. The summed E-state index contributed by atoms with van der Waals surface area (Å²) in [7, 11) is 0. The molecule has 0 bridgehead atoms. The maximum absolute atomic E-state index is 10.4. The molecule has 0 unspecified atom stereocenters. The summed E-state index contributed by atoms with van der Waals surface area (Å²) in [6, 6.07) is 3.10. The number of hydrogen-bond acceptors (Lipinski definition) is 4. The molecule has 1 rings (SSSR count). The van der Waals surface area contributed by atoms with Crippen molar-refractivity contribution in [2.75, 3.05) is 0 Å². The van der Waals surface area contributed by atoms with Crippen molar-refractivity contribution in [2.45, 2.75) is 6.92 Å². The Hall–Kier alpha value is -1.36. The Bertz CT molecular complexity index is 329. The molecular weight excluding hydrogens is 178 g/mol. The summed E-state index contributed by atoms with van der Waals surface area (Å²) in [5.41, 5.74) is 0.424. The van der Waals surface area contributed by atoms with E-state index < -0.39 is 5.97 Å². The molecule has 0 aliphatic carbocycles. The first kappa shape index (κ1) is 8.73. The van der Waals surface area contributed by atoms with Crippen molar-refractivity contribution < 1.29 is 15.1 Å². The molecule has 1 heterocycles. The van der Waals surface area contributed by atoms with Crippen LogP contribution >= 0.6 is 11.3 Å². The van der Waals surface area contributed by atoms with Gasteiger partial charge in [0.25, 0.3) is 0 Å². The predicted octanol–water partition coefficient (Wildman–Crippen LogP) is 1.64. The van der Waals surface area contributed by atoms with Crippen molar-refractivity contribution in [3.05, 3.63) is 21.9 Å². The molecule has 0 aliphatic rings. The largest absolute Gasteiger partial charge is 0.477 e. The van der Waals surface area contributed by atoms with E-state index in [9.17, 15) is 4.79 Å². The fourth-order valence-electron chi connectivity index (χ4n) is 0.697. The minimum Gasteiger partial charge on any atom is -0.477 e. The summed E-state index contributed by atoms with van der Waals surface area (Å²) in [4.78, 5) is 11.3. The van der Waals surface area contributed by atoms with Crippen LogP contribution < -0.4 is 0 Å². The van der Waals surface area contributed by atoms with Crippen molar-refractivity contribution in [1.29, 1.82) is 0 Å². The van der Waals surface area contributed by atoms with E-state index in [1.807, 2.05) is 0 Å². The van der Waals surface area contributed by atoms with Gasteiger partial charge < -0.3 is 10.3 Å². The zero-order chi connectivity index (χ0) is 9.14. The second kappa shape index (κ2) is 3.36. The summed E-state index contributed by atoms with van der Waals surface area (Å²) >= 11 is 1.08. The third kappa shape index (κ3) is 1.62. The van der Waals surface area contributed by atoms with Crippen LogP contribution in [0.3, 0.4) is 0 Å². The van der Waals surface area contributed by atoms with Gasteiger partial charge in [0.05, 0.1) is 10.6 Å². The average Bonchev–Trinajstić information content (AvgIpc) is 2.51. The third-order valence-electron chi connectivity index (χ3n) is 1.32. The topological polar surface area (TPSA) is 69.9 Å². The molecule has 64 valence electrons. The lowest BCUT2D eigenvalue weighted by atomic mass is 10.3. The predicted molar refractivity (Wildman–Crippen MR) is 45.3 cm³/mol. The smallest absolute Gasteiger partial charge is 0.345 e. The molecule has 0 spiro atoms. The van der Waals surface area contributed by atoms with Gasteiger partial charge >= 0.3 is 5.97 Å². The number of carboxylic acid groups (broad SMARTS) is 1. The molecule has 1 aromatic rings. The Kier molecular flexibility index (Phi) is 2.44. The van der Waals surface area contributed by atoms with E-state index in [0.717, 1.165) is 11.3 Å². The van der Waals surface area contributed by atoms with Crippen molar-refractivity contribution in [3.8, 4) is 0 Å². The average molecular weight is 185 g/mol. The van der Waals surface area contributed by atoms with Crippen LogP contribution in [0.1, 0.15) is 21.5 Å². The summed E-state index contributed by atoms with van der Waals surface area (Å²) < 4.78 is 0. The molecule has 0 amide bonds. The van der Waals surface area contributed by atoms with Crippen LogP contribution in [0.15, 0.2) is 17.3 Å². The first-order valence-corrected chi connectivity index (χ1v) is 3.99. The highest BCUT2D eigenvalue weighted by Gasteiger charge is 2.08. The van der Waals surface area contributed by atoms with Gasteiger partial charge in [-0.1, -0.05) is 5.16 Å². The fraction of sp³-hybridized carbons (Fsp3) is 0.143. The standard InChI is InChI=1S/C7H7NO3S/c1-4(8-11)5-2-3-6(12-5)7(9)10/h2-3,11H,1H3,(H,9,10)/b8-4+. The molecule has 0 atom stereocenters. The number of hydrogen-bond donors (Lipinski definition) is 2. The van der Waals surface area contributed by atoms with Gasteiger partial charge in [-0.05, 0) is 19.1 Å². The second-order valence-electron chi connectivity index (χ2n) is 2.15. The van der Waals surface area contributed by atoms with Crippen molar-refractivity contribution >= 4 is 23.0 Å². The fourth-order valence-corrected chi connectivity index (χ4v) is 1.48. The number of oxime groups is 1. The van der Waals surface area contributed by atoms with Gasteiger partial charge in [-0.15, -0.1) is 11.3 Å². The first-order valence-electron chi connectivity index (χ1n) is 3.17. The molecule has 0 radical (unpaired) electrons. The van der Waals surface area contributed by atoms with Gasteiger partial charge in [0.2, 0.25) is 0 Å². The van der Waals surface area contributed by atoms with Crippen LogP contribution in [0.4, 0.5) is 0 Å². The van der Waals surface area contributed by atoms with Crippen LogP contribution in [0.2, 0.25) is 0 Å². The molecule has 4 nitrogen and oxygen atoms in total. The van der Waals surface area contributed by atoms with Crippen LogP contribution in [0, 0.1) is 0 Å². The number of nitrogens with zero attached hydrogens (tertiary/aromatic N) is 1. The minimum absolute atomic E-state index is 0.244. The molecular formula is C7H7NO3S. The van der Waals surface area contributed by atoms with Gasteiger partial charge in [-0.25, -0.2) is 4.79 Å². The maximum atomic E-state index is 10.4. The number of carbonyl (C=O) groups is 1. The summed E-state index contributed by atoms with van der Waals surface area (Å²) in [5, 5.41) is 19.9. The lowest BCUT2D eigenvalue weighted by Crippen LogP contribution is -1.91. The van der Waals surface area contributed by atoms with Gasteiger partial charge in [0, 0.05) is 0 Å². The monoisotopic (exact) mass is 185 g/mol. The van der Waals surface area contributed by atoms with Gasteiger partial charge in [-0.3, -0.25) is 0 Å². The van der Waals surface area contributed by atoms with E-state index in [0.29, 0.717) is 10.6 Å². The first-order chi connectivity index (χ1) is 5.65. The third-order valence-corrected chi connectivity index (χ3v) is 2.51. The highest BCUT2D eigenvalue weighted by atomic mass is 32.1.